The minimum absolute atomic E-state index is 0.440. The topological polar surface area (TPSA) is 29.5 Å². The van der Waals surface area contributed by atoms with E-state index in [0.29, 0.717) is 23.1 Å². The molecule has 3 nitrogen and oxygen atoms in total. The van der Waals surface area contributed by atoms with Crippen LogP contribution in [0, 0.1) is 0 Å². The number of anilines is 2. The molecule has 2 aromatic carbocycles. The number of hydrogen-bond donors (Lipinski definition) is 0. The lowest BCUT2D eigenvalue weighted by molar-refractivity contribution is -0.106. The summed E-state index contributed by atoms with van der Waals surface area (Å²) in [6.07, 6.45) is 0.780. The first-order chi connectivity index (χ1) is 8.79. The predicted molar refractivity (Wildman–Crippen MR) is 70.4 cm³/mol. The number of hydrogen-bond acceptors (Lipinski definition) is 2. The van der Waals surface area contributed by atoms with Gasteiger partial charge in [-0.05, 0) is 24.3 Å². The first-order valence-electron chi connectivity index (χ1n) is 5.54. The van der Waals surface area contributed by atoms with Gasteiger partial charge in [-0.3, -0.25) is 9.69 Å². The van der Waals surface area contributed by atoms with E-state index in [9.17, 15) is 4.79 Å². The lowest BCUT2D eigenvalue weighted by Crippen LogP contribution is -2.14. The number of nitrogens with zero attached hydrogens (tertiary/aromatic N) is 1. The smallest absolute Gasteiger partial charge is 0.218 e. The molecule has 0 fully saturated rings. The molecule has 1 heterocycles. The van der Waals surface area contributed by atoms with Gasteiger partial charge in [0.1, 0.15) is 12.4 Å². The minimum atomic E-state index is 0.440. The van der Waals surface area contributed by atoms with Gasteiger partial charge in [0.2, 0.25) is 6.41 Å². The van der Waals surface area contributed by atoms with Gasteiger partial charge >= 0.3 is 0 Å². The number of carbonyl (C=O) groups is 1. The molecule has 0 atom stereocenters. The number of rotatable bonds is 1. The molecular weight excluding hydrogens is 250 g/mol. The molecule has 2 aromatic rings. The Hall–Kier alpha value is -2.00. The van der Waals surface area contributed by atoms with Crippen molar-refractivity contribution >= 4 is 29.4 Å². The van der Waals surface area contributed by atoms with E-state index >= 15 is 0 Å². The summed E-state index contributed by atoms with van der Waals surface area (Å²) >= 11 is 5.98. The van der Waals surface area contributed by atoms with Crippen LogP contribution in [-0.4, -0.2) is 6.41 Å². The molecule has 0 N–H and O–H groups in total. The Morgan fingerprint density at radius 1 is 1.17 bits per heavy atom. The summed E-state index contributed by atoms with van der Waals surface area (Å²) < 4.78 is 5.70. The molecule has 18 heavy (non-hydrogen) atoms. The number of halogens is 1. The SMILES string of the molecule is O=CN1c2ccccc2COc2ccc(Cl)cc21. The standard InChI is InChI=1S/C14H10ClNO2/c15-11-5-6-14-13(7-11)16(9-17)12-4-2-1-3-10(12)8-18-14/h1-7,9H,8H2. The van der Waals surface area contributed by atoms with Gasteiger partial charge in [-0.25, -0.2) is 0 Å². The molecule has 0 bridgehead atoms. The number of para-hydroxylation sites is 1. The van der Waals surface area contributed by atoms with Crippen LogP contribution in [0.25, 0.3) is 0 Å². The van der Waals surface area contributed by atoms with E-state index in [4.69, 9.17) is 16.3 Å². The molecule has 0 spiro atoms. The van der Waals surface area contributed by atoms with Crippen LogP contribution >= 0.6 is 11.6 Å². The highest BCUT2D eigenvalue weighted by molar-refractivity contribution is 6.31. The summed E-state index contributed by atoms with van der Waals surface area (Å²) in [5.41, 5.74) is 2.47. The van der Waals surface area contributed by atoms with Gasteiger partial charge in [0.15, 0.2) is 0 Å². The first kappa shape index (κ1) is 11.1. The Labute approximate surface area is 110 Å². The highest BCUT2D eigenvalue weighted by Crippen LogP contribution is 2.39. The molecule has 1 aliphatic rings. The number of benzene rings is 2. The van der Waals surface area contributed by atoms with Crippen molar-refractivity contribution < 1.29 is 9.53 Å². The summed E-state index contributed by atoms with van der Waals surface area (Å²) in [4.78, 5) is 12.9. The van der Waals surface area contributed by atoms with E-state index in [1.165, 1.54) is 0 Å². The van der Waals surface area contributed by atoms with Crippen molar-refractivity contribution in [2.75, 3.05) is 4.90 Å². The molecule has 4 heteroatoms. The zero-order chi connectivity index (χ0) is 12.5. The van der Waals surface area contributed by atoms with Crippen molar-refractivity contribution in [1.82, 2.24) is 0 Å². The van der Waals surface area contributed by atoms with Gasteiger partial charge in [0.05, 0.1) is 11.4 Å². The summed E-state index contributed by atoms with van der Waals surface area (Å²) in [6, 6.07) is 12.9. The Balaban J connectivity index is 2.23. The van der Waals surface area contributed by atoms with Gasteiger partial charge in [-0.2, -0.15) is 0 Å². The largest absolute Gasteiger partial charge is 0.487 e. The number of carbonyl (C=O) groups excluding carboxylic acids is 1. The second-order valence-corrected chi connectivity index (χ2v) is 4.44. The third-order valence-electron chi connectivity index (χ3n) is 2.92. The molecule has 1 aliphatic heterocycles. The van der Waals surface area contributed by atoms with Gasteiger partial charge < -0.3 is 4.74 Å². The van der Waals surface area contributed by atoms with Crippen molar-refractivity contribution in [3.05, 3.63) is 53.1 Å². The molecule has 3 rings (SSSR count). The average Bonchev–Trinajstić information content (AvgIpc) is 2.54. The van der Waals surface area contributed by atoms with Crippen LogP contribution in [-0.2, 0) is 11.4 Å². The van der Waals surface area contributed by atoms with E-state index in [0.717, 1.165) is 17.7 Å². The highest BCUT2D eigenvalue weighted by Gasteiger charge is 2.21. The maximum Gasteiger partial charge on any atom is 0.218 e. The van der Waals surface area contributed by atoms with Crippen LogP contribution in [0.3, 0.4) is 0 Å². The van der Waals surface area contributed by atoms with E-state index in [1.807, 2.05) is 24.3 Å². The average molecular weight is 260 g/mol. The quantitative estimate of drug-likeness (QED) is 0.734. The van der Waals surface area contributed by atoms with Gasteiger partial charge in [0.25, 0.3) is 0 Å². The third-order valence-corrected chi connectivity index (χ3v) is 3.16. The third kappa shape index (κ3) is 1.73. The van der Waals surface area contributed by atoms with Crippen molar-refractivity contribution in [1.29, 1.82) is 0 Å². The van der Waals surface area contributed by atoms with Crippen LogP contribution in [0.1, 0.15) is 5.56 Å². The zero-order valence-corrected chi connectivity index (χ0v) is 10.2. The van der Waals surface area contributed by atoms with Crippen LogP contribution in [0.5, 0.6) is 5.75 Å². The number of fused-ring (bicyclic) bond motifs is 2. The molecular formula is C14H10ClNO2. The Bertz CT molecular complexity index is 612. The lowest BCUT2D eigenvalue weighted by Gasteiger charge is -2.18. The Kier molecular flexibility index (Phi) is 2.68. The molecule has 0 saturated heterocycles. The van der Waals surface area contributed by atoms with Crippen molar-refractivity contribution in [3.63, 3.8) is 0 Å². The van der Waals surface area contributed by atoms with Gasteiger partial charge in [-0.15, -0.1) is 0 Å². The predicted octanol–water partition coefficient (Wildman–Crippen LogP) is 3.53. The van der Waals surface area contributed by atoms with Gasteiger partial charge in [-0.1, -0.05) is 29.8 Å². The van der Waals surface area contributed by atoms with Crippen LogP contribution < -0.4 is 9.64 Å². The summed E-state index contributed by atoms with van der Waals surface area (Å²) in [7, 11) is 0. The summed E-state index contributed by atoms with van der Waals surface area (Å²) in [5, 5.41) is 0.573. The van der Waals surface area contributed by atoms with Crippen molar-refractivity contribution in [2.45, 2.75) is 6.61 Å². The molecule has 90 valence electrons. The summed E-state index contributed by atoms with van der Waals surface area (Å²) in [5.74, 6) is 0.655. The second-order valence-electron chi connectivity index (χ2n) is 4.00. The Morgan fingerprint density at radius 2 is 2.00 bits per heavy atom. The number of ether oxygens (including phenoxy) is 1. The van der Waals surface area contributed by atoms with E-state index < -0.39 is 0 Å². The molecule has 0 aromatic heterocycles. The maximum absolute atomic E-state index is 11.4. The van der Waals surface area contributed by atoms with E-state index in [1.54, 1.807) is 23.1 Å². The van der Waals surface area contributed by atoms with Crippen LogP contribution in [0.2, 0.25) is 5.02 Å². The van der Waals surface area contributed by atoms with Crippen LogP contribution in [0.4, 0.5) is 11.4 Å². The van der Waals surface area contributed by atoms with E-state index in [2.05, 4.69) is 0 Å². The van der Waals surface area contributed by atoms with Crippen molar-refractivity contribution in [2.24, 2.45) is 0 Å². The minimum Gasteiger partial charge on any atom is -0.487 e. The molecule has 1 amide bonds. The first-order valence-corrected chi connectivity index (χ1v) is 5.92. The second kappa shape index (κ2) is 4.35. The lowest BCUT2D eigenvalue weighted by atomic mass is 10.1. The van der Waals surface area contributed by atoms with Crippen LogP contribution in [0.15, 0.2) is 42.5 Å². The normalized spacial score (nSPS) is 13.1. The molecule has 0 aliphatic carbocycles. The fraction of sp³-hybridized carbons (Fsp3) is 0.0714. The van der Waals surface area contributed by atoms with Gasteiger partial charge in [0, 0.05) is 10.6 Å². The Morgan fingerprint density at radius 3 is 2.83 bits per heavy atom. The van der Waals surface area contributed by atoms with E-state index in [-0.39, 0.29) is 0 Å². The zero-order valence-electron chi connectivity index (χ0n) is 9.47. The molecule has 0 unspecified atom stereocenters. The fourth-order valence-electron chi connectivity index (χ4n) is 2.07. The molecule has 0 saturated carbocycles. The monoisotopic (exact) mass is 259 g/mol. The maximum atomic E-state index is 11.4. The molecule has 0 radical (unpaired) electrons. The van der Waals surface area contributed by atoms with Crippen molar-refractivity contribution in [3.8, 4) is 5.75 Å². The highest BCUT2D eigenvalue weighted by atomic mass is 35.5. The number of amides is 1. The fourth-order valence-corrected chi connectivity index (χ4v) is 2.23. The summed E-state index contributed by atoms with van der Waals surface area (Å²) in [6.45, 7) is 0.440.